The molecule has 6 nitrogen and oxygen atoms in total. The summed E-state index contributed by atoms with van der Waals surface area (Å²) in [7, 11) is 0. The van der Waals surface area contributed by atoms with Crippen LogP contribution in [0.1, 0.15) is 19.3 Å². The Balaban J connectivity index is 0.00000218. The summed E-state index contributed by atoms with van der Waals surface area (Å²) < 4.78 is 14.0. The zero-order chi connectivity index (χ0) is 20.2. The minimum Gasteiger partial charge on any atom is -0.507 e. The molecular formula is C22H22ClFN4O2. The summed E-state index contributed by atoms with van der Waals surface area (Å²) >= 11 is 0. The number of aromatic hydroxyl groups is 1. The molecule has 1 aliphatic heterocycles. The zero-order valence-corrected chi connectivity index (χ0v) is 17.0. The largest absolute Gasteiger partial charge is 0.507 e. The first-order valence-electron chi connectivity index (χ1n) is 9.78. The van der Waals surface area contributed by atoms with Gasteiger partial charge in [-0.25, -0.2) is 14.4 Å². The van der Waals surface area contributed by atoms with E-state index in [0.29, 0.717) is 41.2 Å². The number of amides is 1. The predicted octanol–water partition coefficient (Wildman–Crippen LogP) is 3.66. The van der Waals surface area contributed by atoms with Crippen molar-refractivity contribution in [2.45, 2.75) is 19.3 Å². The third kappa shape index (κ3) is 3.23. The molecule has 0 radical (unpaired) electrons. The summed E-state index contributed by atoms with van der Waals surface area (Å²) in [5.74, 6) is 0.686. The molecule has 5 rings (SSSR count). The van der Waals surface area contributed by atoms with Gasteiger partial charge in [0.15, 0.2) is 5.82 Å². The van der Waals surface area contributed by atoms with Gasteiger partial charge in [-0.05, 0) is 55.5 Å². The first-order valence-corrected chi connectivity index (χ1v) is 9.78. The molecule has 0 spiro atoms. The van der Waals surface area contributed by atoms with Gasteiger partial charge in [-0.3, -0.25) is 4.79 Å². The number of anilines is 1. The third-order valence-electron chi connectivity index (χ3n) is 6.33. The average molecular weight is 429 g/mol. The van der Waals surface area contributed by atoms with Crippen molar-refractivity contribution in [2.24, 2.45) is 17.1 Å². The van der Waals surface area contributed by atoms with E-state index in [1.165, 1.54) is 12.1 Å². The van der Waals surface area contributed by atoms with Gasteiger partial charge >= 0.3 is 0 Å². The fraction of sp³-hybridized carbons (Fsp3) is 0.318. The number of primary amides is 1. The Morgan fingerprint density at radius 2 is 1.97 bits per heavy atom. The first-order chi connectivity index (χ1) is 14.0. The summed E-state index contributed by atoms with van der Waals surface area (Å²) in [6.07, 6.45) is 2.52. The number of carbonyl (C=O) groups excluding carboxylic acids is 1. The standard InChI is InChI=1S/C22H21FN4O2.ClH/c23-14-5-6-17-16(11-14)20(26-19(25-17)15-3-1-2-4-18(15)28)27-10-7-13(12-27)22(8-9-22)21(24)29;/h1-6,11,13,28H,7-10,12H2,(H2,24,29);1H/t13-;/m0./s1. The smallest absolute Gasteiger partial charge is 0.223 e. The second kappa shape index (κ2) is 7.40. The molecule has 1 amide bonds. The summed E-state index contributed by atoms with van der Waals surface area (Å²) in [4.78, 5) is 23.3. The van der Waals surface area contributed by atoms with Crippen molar-refractivity contribution in [3.8, 4) is 17.1 Å². The number of hydrogen-bond acceptors (Lipinski definition) is 5. The van der Waals surface area contributed by atoms with Crippen molar-refractivity contribution in [1.29, 1.82) is 0 Å². The first kappa shape index (κ1) is 20.3. The number of halogens is 2. The van der Waals surface area contributed by atoms with Gasteiger partial charge in [-0.2, -0.15) is 0 Å². The second-order valence-corrected chi connectivity index (χ2v) is 8.00. The fourth-order valence-electron chi connectivity index (χ4n) is 4.50. The molecule has 1 aromatic heterocycles. The van der Waals surface area contributed by atoms with Crippen LogP contribution in [-0.2, 0) is 4.79 Å². The van der Waals surface area contributed by atoms with E-state index in [1.807, 2.05) is 6.07 Å². The molecule has 30 heavy (non-hydrogen) atoms. The number of phenolic OH excluding ortho intramolecular Hbond substituents is 1. The number of nitrogens with two attached hydrogens (primary N) is 1. The summed E-state index contributed by atoms with van der Waals surface area (Å²) in [5, 5.41) is 10.9. The summed E-state index contributed by atoms with van der Waals surface area (Å²) in [6.45, 7) is 1.36. The van der Waals surface area contributed by atoms with Crippen molar-refractivity contribution in [1.82, 2.24) is 9.97 Å². The quantitative estimate of drug-likeness (QED) is 0.661. The van der Waals surface area contributed by atoms with E-state index in [0.717, 1.165) is 19.3 Å². The Kier molecular flexibility index (Phi) is 5.02. The minimum absolute atomic E-state index is 0. The average Bonchev–Trinajstić information content (AvgIpc) is 3.38. The lowest BCUT2D eigenvalue weighted by atomic mass is 9.88. The van der Waals surface area contributed by atoms with Gasteiger partial charge in [0.25, 0.3) is 0 Å². The molecule has 156 valence electrons. The van der Waals surface area contributed by atoms with E-state index in [1.54, 1.807) is 24.3 Å². The van der Waals surface area contributed by atoms with Gasteiger partial charge < -0.3 is 15.7 Å². The van der Waals surface area contributed by atoms with E-state index in [9.17, 15) is 14.3 Å². The number of aromatic nitrogens is 2. The number of carbonyl (C=O) groups is 1. The third-order valence-corrected chi connectivity index (χ3v) is 6.33. The van der Waals surface area contributed by atoms with Crippen LogP contribution in [0.25, 0.3) is 22.3 Å². The van der Waals surface area contributed by atoms with Crippen LogP contribution in [0.5, 0.6) is 5.75 Å². The Labute approximate surface area is 179 Å². The predicted molar refractivity (Wildman–Crippen MR) is 115 cm³/mol. The normalized spacial score (nSPS) is 19.5. The molecule has 0 unspecified atom stereocenters. The van der Waals surface area contributed by atoms with E-state index in [2.05, 4.69) is 9.88 Å². The number of fused-ring (bicyclic) bond motifs is 1. The molecular weight excluding hydrogens is 407 g/mol. The molecule has 0 bridgehead atoms. The van der Waals surface area contributed by atoms with Gasteiger partial charge in [0.1, 0.15) is 17.4 Å². The highest BCUT2D eigenvalue weighted by atomic mass is 35.5. The molecule has 1 aliphatic carbocycles. The molecule has 2 heterocycles. The van der Waals surface area contributed by atoms with Gasteiger partial charge in [-0.1, -0.05) is 12.1 Å². The van der Waals surface area contributed by atoms with Crippen LogP contribution < -0.4 is 10.6 Å². The summed E-state index contributed by atoms with van der Waals surface area (Å²) in [5.41, 5.74) is 6.39. The van der Waals surface area contributed by atoms with Crippen molar-refractivity contribution in [3.05, 3.63) is 48.3 Å². The van der Waals surface area contributed by atoms with Crippen molar-refractivity contribution < 1.29 is 14.3 Å². The highest BCUT2D eigenvalue weighted by Gasteiger charge is 2.55. The van der Waals surface area contributed by atoms with Crippen molar-refractivity contribution in [3.63, 3.8) is 0 Å². The number of para-hydroxylation sites is 1. The molecule has 3 N–H and O–H groups in total. The number of benzene rings is 2. The van der Waals surface area contributed by atoms with Gasteiger partial charge in [0.05, 0.1) is 16.5 Å². The Morgan fingerprint density at radius 3 is 2.67 bits per heavy atom. The van der Waals surface area contributed by atoms with E-state index in [4.69, 9.17) is 10.7 Å². The van der Waals surface area contributed by atoms with E-state index >= 15 is 0 Å². The molecule has 1 saturated heterocycles. The highest BCUT2D eigenvalue weighted by molar-refractivity contribution is 5.92. The van der Waals surface area contributed by atoms with Crippen molar-refractivity contribution >= 4 is 35.0 Å². The Hall–Kier alpha value is -2.93. The van der Waals surface area contributed by atoms with Crippen LogP contribution in [0.15, 0.2) is 42.5 Å². The molecule has 2 fully saturated rings. The Bertz CT molecular complexity index is 1140. The maximum Gasteiger partial charge on any atom is 0.223 e. The van der Waals surface area contributed by atoms with Gasteiger partial charge in [0, 0.05) is 18.5 Å². The SMILES string of the molecule is Cl.NC(=O)C1([C@H]2CCN(c3nc(-c4ccccc4O)nc4ccc(F)cc34)C2)CC1. The lowest BCUT2D eigenvalue weighted by Crippen LogP contribution is -2.33. The number of hydrogen-bond donors (Lipinski definition) is 2. The second-order valence-electron chi connectivity index (χ2n) is 8.00. The monoisotopic (exact) mass is 428 g/mol. The van der Waals surface area contributed by atoms with Gasteiger partial charge in [0.2, 0.25) is 5.91 Å². The van der Waals surface area contributed by atoms with E-state index < -0.39 is 5.41 Å². The molecule has 8 heteroatoms. The van der Waals surface area contributed by atoms with Crippen molar-refractivity contribution in [2.75, 3.05) is 18.0 Å². The number of nitrogens with zero attached hydrogens (tertiary/aromatic N) is 3. The maximum absolute atomic E-state index is 14.0. The van der Waals surface area contributed by atoms with Crippen LogP contribution in [0, 0.1) is 17.2 Å². The van der Waals surface area contributed by atoms with Crippen LogP contribution in [0.2, 0.25) is 0 Å². The minimum atomic E-state index is -0.399. The lowest BCUT2D eigenvalue weighted by Gasteiger charge is -2.23. The highest BCUT2D eigenvalue weighted by Crippen LogP contribution is 2.55. The Morgan fingerprint density at radius 1 is 1.20 bits per heavy atom. The molecule has 1 atom stereocenters. The summed E-state index contributed by atoms with van der Waals surface area (Å²) in [6, 6.07) is 11.3. The number of phenols is 1. The van der Waals surface area contributed by atoms with Crippen LogP contribution in [-0.4, -0.2) is 34.1 Å². The molecule has 1 saturated carbocycles. The van der Waals surface area contributed by atoms with Crippen LogP contribution in [0.4, 0.5) is 10.2 Å². The molecule has 2 aromatic carbocycles. The van der Waals surface area contributed by atoms with E-state index in [-0.39, 0.29) is 35.8 Å². The maximum atomic E-state index is 14.0. The molecule has 3 aromatic rings. The number of rotatable bonds is 4. The topological polar surface area (TPSA) is 92.3 Å². The van der Waals surface area contributed by atoms with Crippen LogP contribution >= 0.6 is 12.4 Å². The lowest BCUT2D eigenvalue weighted by molar-refractivity contribution is -0.124. The molecule has 2 aliphatic rings. The van der Waals surface area contributed by atoms with Crippen LogP contribution in [0.3, 0.4) is 0 Å². The van der Waals surface area contributed by atoms with Gasteiger partial charge in [-0.15, -0.1) is 12.4 Å². The fourth-order valence-corrected chi connectivity index (χ4v) is 4.50. The zero-order valence-electron chi connectivity index (χ0n) is 16.2.